The summed E-state index contributed by atoms with van der Waals surface area (Å²) in [5.41, 5.74) is 2.50. The number of Topliss-reactive ketones (excluding diaryl/α,β-unsaturated/α-hetero) is 1. The Bertz CT molecular complexity index is 504. The van der Waals surface area contributed by atoms with Gasteiger partial charge in [0.1, 0.15) is 5.52 Å². The Kier molecular flexibility index (Phi) is 2.73. The maximum atomic E-state index is 11.2. The predicted octanol–water partition coefficient (Wildman–Crippen LogP) is 2.81. The molecule has 2 aromatic rings. The molecule has 0 aliphatic carbocycles. The molecule has 1 heterocycles. The standard InChI is InChI=1S/C11H10ClNO2/c1-2-7-3-4-10-8(5-7)13-11(15-10)9(14)6-12/h3-5H,2,6H2,1H3. The number of halogens is 1. The Labute approximate surface area is 92.1 Å². The number of aromatic nitrogens is 1. The average molecular weight is 224 g/mol. The first kappa shape index (κ1) is 10.2. The van der Waals surface area contributed by atoms with E-state index in [1.807, 2.05) is 18.2 Å². The van der Waals surface area contributed by atoms with Crippen molar-refractivity contribution in [3.63, 3.8) is 0 Å². The molecule has 0 spiro atoms. The van der Waals surface area contributed by atoms with Crippen LogP contribution in [0.5, 0.6) is 0 Å². The zero-order chi connectivity index (χ0) is 10.8. The number of hydrogen-bond donors (Lipinski definition) is 0. The van der Waals surface area contributed by atoms with Gasteiger partial charge in [0.15, 0.2) is 5.58 Å². The van der Waals surface area contributed by atoms with Crippen LogP contribution in [0.4, 0.5) is 0 Å². The number of rotatable bonds is 3. The van der Waals surface area contributed by atoms with Crippen molar-refractivity contribution >= 4 is 28.5 Å². The minimum Gasteiger partial charge on any atom is -0.434 e. The highest BCUT2D eigenvalue weighted by Crippen LogP contribution is 2.18. The van der Waals surface area contributed by atoms with Gasteiger partial charge >= 0.3 is 0 Å². The highest BCUT2D eigenvalue weighted by molar-refractivity contribution is 6.29. The van der Waals surface area contributed by atoms with Crippen LogP contribution in [-0.2, 0) is 6.42 Å². The van der Waals surface area contributed by atoms with Gasteiger partial charge in [0, 0.05) is 0 Å². The molecular formula is C11H10ClNO2. The van der Waals surface area contributed by atoms with Crippen LogP contribution in [0, 0.1) is 0 Å². The van der Waals surface area contributed by atoms with E-state index < -0.39 is 0 Å². The summed E-state index contributed by atoms with van der Waals surface area (Å²) in [5.74, 6) is -0.299. The molecule has 0 amide bonds. The van der Waals surface area contributed by atoms with E-state index in [1.54, 1.807) is 0 Å². The van der Waals surface area contributed by atoms with Crippen molar-refractivity contribution in [2.75, 3.05) is 5.88 Å². The molecule has 3 nitrogen and oxygen atoms in total. The molecule has 1 aromatic carbocycles. The van der Waals surface area contributed by atoms with Crippen molar-refractivity contribution in [2.45, 2.75) is 13.3 Å². The summed E-state index contributed by atoms with van der Waals surface area (Å²) in [7, 11) is 0. The van der Waals surface area contributed by atoms with Crippen molar-refractivity contribution in [3.8, 4) is 0 Å². The third-order valence-corrected chi connectivity index (χ3v) is 2.46. The summed E-state index contributed by atoms with van der Waals surface area (Å²) in [6.07, 6.45) is 0.932. The number of oxazole rings is 1. The summed E-state index contributed by atoms with van der Waals surface area (Å²) in [6.45, 7) is 2.06. The second kappa shape index (κ2) is 4.03. The first-order chi connectivity index (χ1) is 7.24. The number of carbonyl (C=O) groups is 1. The van der Waals surface area contributed by atoms with Gasteiger partial charge in [0.2, 0.25) is 5.78 Å². The van der Waals surface area contributed by atoms with Gasteiger partial charge in [-0.25, -0.2) is 4.98 Å². The van der Waals surface area contributed by atoms with Crippen LogP contribution in [0.25, 0.3) is 11.1 Å². The predicted molar refractivity (Wildman–Crippen MR) is 58.4 cm³/mol. The van der Waals surface area contributed by atoms with Crippen molar-refractivity contribution < 1.29 is 9.21 Å². The van der Waals surface area contributed by atoms with Gasteiger partial charge in [-0.2, -0.15) is 0 Å². The fourth-order valence-electron chi connectivity index (χ4n) is 1.37. The topological polar surface area (TPSA) is 43.1 Å². The van der Waals surface area contributed by atoms with Gasteiger partial charge in [-0.3, -0.25) is 4.79 Å². The Hall–Kier alpha value is -1.35. The average Bonchev–Trinajstić information content (AvgIpc) is 2.70. The van der Waals surface area contributed by atoms with Crippen molar-refractivity contribution in [2.24, 2.45) is 0 Å². The molecule has 0 aliphatic heterocycles. The van der Waals surface area contributed by atoms with Crippen molar-refractivity contribution in [1.82, 2.24) is 4.98 Å². The lowest BCUT2D eigenvalue weighted by Crippen LogP contribution is -1.99. The minimum atomic E-state index is -0.286. The molecule has 4 heteroatoms. The lowest BCUT2D eigenvalue weighted by atomic mass is 10.1. The first-order valence-electron chi connectivity index (χ1n) is 4.73. The zero-order valence-corrected chi connectivity index (χ0v) is 9.04. The van der Waals surface area contributed by atoms with E-state index in [9.17, 15) is 4.79 Å². The third-order valence-electron chi connectivity index (χ3n) is 2.22. The summed E-state index contributed by atoms with van der Waals surface area (Å²) in [4.78, 5) is 15.3. The second-order valence-corrected chi connectivity index (χ2v) is 3.50. The van der Waals surface area contributed by atoms with Crippen LogP contribution in [-0.4, -0.2) is 16.6 Å². The number of alkyl halides is 1. The molecule has 0 saturated carbocycles. The van der Waals surface area contributed by atoms with E-state index in [0.29, 0.717) is 11.1 Å². The van der Waals surface area contributed by atoms with Crippen LogP contribution in [0.3, 0.4) is 0 Å². The molecule has 0 saturated heterocycles. The molecule has 15 heavy (non-hydrogen) atoms. The van der Waals surface area contributed by atoms with E-state index in [0.717, 1.165) is 6.42 Å². The largest absolute Gasteiger partial charge is 0.434 e. The summed E-state index contributed by atoms with van der Waals surface area (Å²) < 4.78 is 5.28. The molecule has 0 fully saturated rings. The van der Waals surface area contributed by atoms with Crippen LogP contribution >= 0.6 is 11.6 Å². The smallest absolute Gasteiger partial charge is 0.265 e. The molecule has 0 atom stereocenters. The molecule has 1 aromatic heterocycles. The van der Waals surface area contributed by atoms with Crippen molar-refractivity contribution in [1.29, 1.82) is 0 Å². The Balaban J connectivity index is 2.51. The quantitative estimate of drug-likeness (QED) is 0.594. The Morgan fingerprint density at radius 2 is 2.33 bits per heavy atom. The summed E-state index contributed by atoms with van der Waals surface area (Å²) >= 11 is 5.42. The zero-order valence-electron chi connectivity index (χ0n) is 8.29. The maximum absolute atomic E-state index is 11.2. The van der Waals surface area contributed by atoms with E-state index in [-0.39, 0.29) is 17.6 Å². The number of aryl methyl sites for hydroxylation is 1. The molecule has 0 unspecified atom stereocenters. The minimum absolute atomic E-state index is 0.0910. The fourth-order valence-corrected chi connectivity index (χ4v) is 1.48. The number of fused-ring (bicyclic) bond motifs is 1. The normalized spacial score (nSPS) is 10.8. The second-order valence-electron chi connectivity index (χ2n) is 3.23. The van der Waals surface area contributed by atoms with E-state index >= 15 is 0 Å². The fraction of sp³-hybridized carbons (Fsp3) is 0.273. The SMILES string of the molecule is CCc1ccc2oc(C(=O)CCl)nc2c1. The van der Waals surface area contributed by atoms with Crippen LogP contribution in [0.15, 0.2) is 22.6 Å². The highest BCUT2D eigenvalue weighted by atomic mass is 35.5. The van der Waals surface area contributed by atoms with E-state index in [1.165, 1.54) is 5.56 Å². The third kappa shape index (κ3) is 1.88. The highest BCUT2D eigenvalue weighted by Gasteiger charge is 2.12. The molecular weight excluding hydrogens is 214 g/mol. The lowest BCUT2D eigenvalue weighted by Gasteiger charge is -1.92. The Morgan fingerprint density at radius 1 is 1.53 bits per heavy atom. The Morgan fingerprint density at radius 3 is 3.00 bits per heavy atom. The van der Waals surface area contributed by atoms with Gasteiger partial charge in [-0.15, -0.1) is 11.6 Å². The van der Waals surface area contributed by atoms with Crippen molar-refractivity contribution in [3.05, 3.63) is 29.7 Å². The van der Waals surface area contributed by atoms with E-state index in [4.69, 9.17) is 16.0 Å². The first-order valence-corrected chi connectivity index (χ1v) is 5.26. The number of benzene rings is 1. The molecule has 0 bridgehead atoms. The molecule has 0 radical (unpaired) electrons. The molecule has 0 N–H and O–H groups in total. The van der Waals surface area contributed by atoms with Crippen LogP contribution in [0.2, 0.25) is 0 Å². The summed E-state index contributed by atoms with van der Waals surface area (Å²) in [6, 6.07) is 5.71. The monoisotopic (exact) mass is 223 g/mol. The summed E-state index contributed by atoms with van der Waals surface area (Å²) in [5, 5.41) is 0. The number of hydrogen-bond acceptors (Lipinski definition) is 3. The van der Waals surface area contributed by atoms with Gasteiger partial charge in [0.05, 0.1) is 5.88 Å². The van der Waals surface area contributed by atoms with Crippen LogP contribution in [0.1, 0.15) is 23.2 Å². The van der Waals surface area contributed by atoms with Crippen LogP contribution < -0.4 is 0 Å². The lowest BCUT2D eigenvalue weighted by molar-refractivity contribution is 0.0986. The number of ketones is 1. The molecule has 2 rings (SSSR count). The maximum Gasteiger partial charge on any atom is 0.265 e. The van der Waals surface area contributed by atoms with Gasteiger partial charge in [-0.1, -0.05) is 13.0 Å². The molecule has 78 valence electrons. The van der Waals surface area contributed by atoms with Gasteiger partial charge in [0.25, 0.3) is 5.89 Å². The van der Waals surface area contributed by atoms with Gasteiger partial charge in [-0.05, 0) is 24.1 Å². The molecule has 0 aliphatic rings. The van der Waals surface area contributed by atoms with Gasteiger partial charge < -0.3 is 4.42 Å². The van der Waals surface area contributed by atoms with E-state index in [2.05, 4.69) is 11.9 Å². The number of carbonyl (C=O) groups excluding carboxylic acids is 1. The number of nitrogens with zero attached hydrogens (tertiary/aromatic N) is 1.